The second kappa shape index (κ2) is 15.8. The van der Waals surface area contributed by atoms with Gasteiger partial charge in [-0.1, -0.05) is 11.6 Å². The van der Waals surface area contributed by atoms with Crippen molar-refractivity contribution in [1.29, 1.82) is 5.26 Å². The Labute approximate surface area is 328 Å². The van der Waals surface area contributed by atoms with Crippen molar-refractivity contribution in [3.63, 3.8) is 0 Å². The van der Waals surface area contributed by atoms with Gasteiger partial charge in [-0.25, -0.2) is 4.98 Å². The lowest BCUT2D eigenvalue weighted by Crippen LogP contribution is -2.54. The molecule has 290 valence electrons. The molecule has 3 atom stereocenters. The first-order chi connectivity index (χ1) is 27.1. The number of ether oxygens (including phenoxy) is 1. The highest BCUT2D eigenvalue weighted by Crippen LogP contribution is 2.33. The first kappa shape index (κ1) is 37.3. The van der Waals surface area contributed by atoms with Gasteiger partial charge in [0, 0.05) is 69.9 Å². The van der Waals surface area contributed by atoms with Crippen LogP contribution in [0, 0.1) is 23.2 Å². The number of halogens is 1. The SMILES string of the molecule is N#Cc1ncc(O[C@H]2CC[C@H](C(=O)Nc3ccc(N4CCC(CN5CCN(c6ccc7c(c6)C(=O)N(C6CCC(=O)NC6=O)C7=O)CC5)CC4)nn3)C2)cc1Cl. The van der Waals surface area contributed by atoms with Crippen molar-refractivity contribution in [2.75, 3.05) is 60.9 Å². The molecule has 5 amide bonds. The number of benzene rings is 1. The largest absolute Gasteiger partial charge is 0.489 e. The van der Waals surface area contributed by atoms with Gasteiger partial charge in [-0.2, -0.15) is 5.26 Å². The second-order valence-corrected chi connectivity index (χ2v) is 15.4. The van der Waals surface area contributed by atoms with Gasteiger partial charge in [0.2, 0.25) is 17.7 Å². The topological polar surface area (TPSA) is 194 Å². The van der Waals surface area contributed by atoms with Crippen LogP contribution in [0.4, 0.5) is 17.3 Å². The molecule has 3 saturated heterocycles. The first-order valence-corrected chi connectivity index (χ1v) is 19.5. The normalized spacial score (nSPS) is 23.2. The van der Waals surface area contributed by atoms with Crippen molar-refractivity contribution in [3.05, 3.63) is 64.4 Å². The van der Waals surface area contributed by atoms with Crippen LogP contribution in [0.15, 0.2) is 42.6 Å². The third kappa shape index (κ3) is 7.74. The third-order valence-corrected chi connectivity index (χ3v) is 11.8. The maximum absolute atomic E-state index is 13.3. The van der Waals surface area contributed by atoms with Crippen molar-refractivity contribution in [2.45, 2.75) is 57.1 Å². The number of rotatable bonds is 9. The number of pyridine rings is 1. The standard InChI is InChI=1S/C39H41ClN10O6/c40-30-19-27(21-42-31(30)20-41)56-26-3-1-24(17-26)36(52)43-33-6-7-34(46-45-33)49-11-9-23(10-12-49)22-47-13-15-48(16-14-47)25-2-4-28-29(18-25)39(55)50(38(28)54)32-5-8-35(51)44-37(32)53/h2,4,6-7,18-19,21,23-24,26,32H,1,3,5,8-17,22H2,(H,43,45,52)(H,44,51,53)/t24-,26-,32?/m0/s1. The lowest BCUT2D eigenvalue weighted by Gasteiger charge is -2.39. The number of nitriles is 1. The summed E-state index contributed by atoms with van der Waals surface area (Å²) in [5.41, 5.74) is 1.60. The smallest absolute Gasteiger partial charge is 0.262 e. The van der Waals surface area contributed by atoms with Crippen LogP contribution < -0.4 is 25.2 Å². The minimum absolute atomic E-state index is 0.0866. The van der Waals surface area contributed by atoms with Gasteiger partial charge >= 0.3 is 0 Å². The summed E-state index contributed by atoms with van der Waals surface area (Å²) in [5.74, 6) is -0.116. The number of imide groups is 2. The van der Waals surface area contributed by atoms with E-state index in [1.54, 1.807) is 24.3 Å². The Kier molecular flexibility index (Phi) is 10.5. The predicted octanol–water partition coefficient (Wildman–Crippen LogP) is 3.02. The molecule has 1 saturated carbocycles. The minimum atomic E-state index is -0.978. The number of amides is 5. The monoisotopic (exact) mass is 780 g/mol. The molecule has 5 aliphatic rings. The first-order valence-electron chi connectivity index (χ1n) is 19.1. The van der Waals surface area contributed by atoms with Crippen LogP contribution in [-0.4, -0.2) is 112 Å². The molecule has 0 bridgehead atoms. The van der Waals surface area contributed by atoms with Crippen molar-refractivity contribution in [2.24, 2.45) is 11.8 Å². The lowest BCUT2D eigenvalue weighted by atomic mass is 9.96. The van der Waals surface area contributed by atoms with E-state index in [4.69, 9.17) is 21.6 Å². The molecule has 6 heterocycles. The number of piperazine rings is 1. The molecule has 0 spiro atoms. The summed E-state index contributed by atoms with van der Waals surface area (Å²) in [6.45, 7) is 6.07. The molecule has 1 aromatic carbocycles. The average Bonchev–Trinajstić information content (AvgIpc) is 3.77. The van der Waals surface area contributed by atoms with Crippen LogP contribution >= 0.6 is 11.6 Å². The molecule has 0 radical (unpaired) electrons. The van der Waals surface area contributed by atoms with E-state index in [9.17, 15) is 24.0 Å². The molecule has 1 unspecified atom stereocenters. The van der Waals surface area contributed by atoms with Crippen LogP contribution in [0.3, 0.4) is 0 Å². The fourth-order valence-corrected chi connectivity index (χ4v) is 8.59. The van der Waals surface area contributed by atoms with Crippen molar-refractivity contribution in [3.8, 4) is 11.8 Å². The zero-order valence-electron chi connectivity index (χ0n) is 30.7. The molecule has 4 aliphatic heterocycles. The number of carbonyl (C=O) groups excluding carboxylic acids is 5. The number of anilines is 3. The summed E-state index contributed by atoms with van der Waals surface area (Å²) in [4.78, 5) is 75.4. The number of nitrogens with zero attached hydrogens (tertiary/aromatic N) is 8. The Bertz CT molecular complexity index is 2090. The average molecular weight is 781 g/mol. The number of hydrogen-bond acceptors (Lipinski definition) is 13. The van der Waals surface area contributed by atoms with E-state index >= 15 is 0 Å². The van der Waals surface area contributed by atoms with Crippen LogP contribution in [-0.2, 0) is 14.4 Å². The van der Waals surface area contributed by atoms with E-state index in [1.807, 2.05) is 18.2 Å². The molecule has 16 nitrogen and oxygen atoms in total. The lowest BCUT2D eigenvalue weighted by molar-refractivity contribution is -0.136. The summed E-state index contributed by atoms with van der Waals surface area (Å²) < 4.78 is 5.97. The zero-order valence-corrected chi connectivity index (χ0v) is 31.4. The molecule has 2 aromatic heterocycles. The Morgan fingerprint density at radius 1 is 0.911 bits per heavy atom. The van der Waals surface area contributed by atoms with Gasteiger partial charge in [-0.15, -0.1) is 10.2 Å². The van der Waals surface area contributed by atoms with E-state index in [2.05, 4.69) is 40.5 Å². The number of hydrogen-bond donors (Lipinski definition) is 2. The summed E-state index contributed by atoms with van der Waals surface area (Å²) in [7, 11) is 0. The van der Waals surface area contributed by atoms with Gasteiger partial charge in [0.05, 0.1) is 28.5 Å². The quantitative estimate of drug-likeness (QED) is 0.301. The van der Waals surface area contributed by atoms with Gasteiger partial charge in [0.15, 0.2) is 17.3 Å². The fourth-order valence-electron chi connectivity index (χ4n) is 8.39. The molecule has 3 aromatic rings. The molecular weight excluding hydrogens is 740 g/mol. The van der Waals surface area contributed by atoms with Gasteiger partial charge in [0.1, 0.15) is 17.9 Å². The third-order valence-electron chi connectivity index (χ3n) is 11.5. The molecule has 1 aliphatic carbocycles. The molecule has 8 rings (SSSR count). The predicted molar refractivity (Wildman–Crippen MR) is 203 cm³/mol. The number of fused-ring (bicyclic) bond motifs is 1. The second-order valence-electron chi connectivity index (χ2n) is 15.0. The number of carbonyl (C=O) groups is 5. The van der Waals surface area contributed by atoms with Crippen molar-refractivity contribution >= 4 is 58.5 Å². The summed E-state index contributed by atoms with van der Waals surface area (Å²) in [6.07, 6.45) is 5.53. The molecule has 56 heavy (non-hydrogen) atoms. The van der Waals surface area contributed by atoms with E-state index in [0.29, 0.717) is 42.3 Å². The maximum Gasteiger partial charge on any atom is 0.262 e. The summed E-state index contributed by atoms with van der Waals surface area (Å²) in [6, 6.07) is 11.5. The van der Waals surface area contributed by atoms with E-state index in [1.165, 1.54) is 6.20 Å². The highest BCUT2D eigenvalue weighted by Gasteiger charge is 2.45. The fraction of sp³-hybridized carbons (Fsp3) is 0.462. The maximum atomic E-state index is 13.3. The Morgan fingerprint density at radius 3 is 2.41 bits per heavy atom. The van der Waals surface area contributed by atoms with Gasteiger partial charge in [-0.3, -0.25) is 39.1 Å². The van der Waals surface area contributed by atoms with E-state index < -0.39 is 29.7 Å². The number of nitrogens with one attached hydrogen (secondary N) is 2. The Balaban J connectivity index is 0.762. The van der Waals surface area contributed by atoms with Crippen LogP contribution in [0.5, 0.6) is 5.75 Å². The zero-order chi connectivity index (χ0) is 38.9. The van der Waals surface area contributed by atoms with Crippen LogP contribution in [0.1, 0.15) is 71.4 Å². The summed E-state index contributed by atoms with van der Waals surface area (Å²) >= 11 is 6.07. The molecule has 4 fully saturated rings. The molecule has 17 heteroatoms. The Morgan fingerprint density at radius 2 is 1.70 bits per heavy atom. The summed E-state index contributed by atoms with van der Waals surface area (Å²) in [5, 5.41) is 23.1. The molecule has 2 N–H and O–H groups in total. The minimum Gasteiger partial charge on any atom is -0.489 e. The van der Waals surface area contributed by atoms with Crippen molar-refractivity contribution in [1.82, 2.24) is 30.3 Å². The number of piperidine rings is 2. The van der Waals surface area contributed by atoms with Crippen molar-refractivity contribution < 1.29 is 28.7 Å². The van der Waals surface area contributed by atoms with Crippen LogP contribution in [0.25, 0.3) is 0 Å². The molecular formula is C39H41ClN10O6. The van der Waals surface area contributed by atoms with Gasteiger partial charge < -0.3 is 19.9 Å². The van der Waals surface area contributed by atoms with Gasteiger partial charge in [0.25, 0.3) is 11.8 Å². The number of aromatic nitrogens is 3. The highest BCUT2D eigenvalue weighted by atomic mass is 35.5. The Hall–Kier alpha value is -5.66. The highest BCUT2D eigenvalue weighted by molar-refractivity contribution is 6.31. The van der Waals surface area contributed by atoms with E-state index in [-0.39, 0.29) is 47.1 Å². The van der Waals surface area contributed by atoms with E-state index in [0.717, 1.165) is 75.1 Å². The van der Waals surface area contributed by atoms with Gasteiger partial charge in [-0.05, 0) is 74.8 Å². The van der Waals surface area contributed by atoms with Crippen LogP contribution in [0.2, 0.25) is 5.02 Å².